The van der Waals surface area contributed by atoms with Crippen molar-refractivity contribution < 1.29 is 18.3 Å². The van der Waals surface area contributed by atoms with E-state index in [0.29, 0.717) is 23.4 Å². The fraction of sp³-hybridized carbons (Fsp3) is 0.375. The number of aromatic amines is 1. The van der Waals surface area contributed by atoms with Gasteiger partial charge in [-0.2, -0.15) is 18.3 Å². The maximum absolute atomic E-state index is 14.2. The highest BCUT2D eigenvalue weighted by Gasteiger charge is 2.60. The number of alkyl halides is 3. The van der Waals surface area contributed by atoms with Crippen molar-refractivity contribution in [2.45, 2.75) is 38.1 Å². The lowest BCUT2D eigenvalue weighted by molar-refractivity contribution is -0.285. The second kappa shape index (κ2) is 8.21. The van der Waals surface area contributed by atoms with Crippen molar-refractivity contribution in [1.29, 1.82) is 0 Å². The molecule has 0 amide bonds. The number of aliphatic hydroxyl groups is 1. The summed E-state index contributed by atoms with van der Waals surface area (Å²) >= 11 is 0. The van der Waals surface area contributed by atoms with Crippen molar-refractivity contribution >= 4 is 11.2 Å². The number of fused-ring (bicyclic) bond motifs is 1. The molecule has 0 spiro atoms. The molecule has 1 aliphatic heterocycles. The molecule has 1 fully saturated rings. The minimum Gasteiger partial charge on any atom is -0.376 e. The van der Waals surface area contributed by atoms with Gasteiger partial charge in [-0.25, -0.2) is 14.6 Å². The third-order valence-corrected chi connectivity index (χ3v) is 6.76. The summed E-state index contributed by atoms with van der Waals surface area (Å²) in [4.78, 5) is 13.5. The minimum atomic E-state index is -4.79. The molecule has 4 heterocycles. The summed E-state index contributed by atoms with van der Waals surface area (Å²) in [5.41, 5.74) is 0.531. The lowest BCUT2D eigenvalue weighted by Gasteiger charge is -2.36. The van der Waals surface area contributed by atoms with E-state index in [1.807, 2.05) is 24.8 Å². The van der Waals surface area contributed by atoms with Crippen molar-refractivity contribution in [3.05, 3.63) is 60.8 Å². The number of likely N-dealkylation sites (tertiary alicyclic amines) is 1. The van der Waals surface area contributed by atoms with E-state index in [4.69, 9.17) is 0 Å². The van der Waals surface area contributed by atoms with Gasteiger partial charge in [0.1, 0.15) is 5.52 Å². The molecule has 0 bridgehead atoms. The first kappa shape index (κ1) is 22.5. The van der Waals surface area contributed by atoms with E-state index < -0.39 is 17.7 Å². The Morgan fingerprint density at radius 1 is 1.12 bits per heavy atom. The molecule has 1 unspecified atom stereocenters. The largest absolute Gasteiger partial charge is 0.421 e. The fourth-order valence-corrected chi connectivity index (χ4v) is 4.78. The zero-order chi connectivity index (χ0) is 24.1. The molecular weight excluding hydrogens is 445 g/mol. The minimum absolute atomic E-state index is 0.127. The third kappa shape index (κ3) is 3.67. The molecular formula is C24H25F3N6O. The Labute approximate surface area is 194 Å². The summed E-state index contributed by atoms with van der Waals surface area (Å²) < 4.78 is 44.1. The Morgan fingerprint density at radius 2 is 1.88 bits per heavy atom. The molecule has 1 aliphatic rings. The molecule has 0 radical (unpaired) electrons. The molecule has 2 atom stereocenters. The number of rotatable bonds is 5. The smallest absolute Gasteiger partial charge is 0.376 e. The predicted molar refractivity (Wildman–Crippen MR) is 121 cm³/mol. The maximum Gasteiger partial charge on any atom is 0.421 e. The van der Waals surface area contributed by atoms with E-state index in [2.05, 4.69) is 20.1 Å². The number of H-pyrrole nitrogens is 1. The summed E-state index contributed by atoms with van der Waals surface area (Å²) in [5, 5.41) is 15.4. The topological polar surface area (TPSA) is 82.9 Å². The second-order valence-corrected chi connectivity index (χ2v) is 9.02. The highest BCUT2D eigenvalue weighted by atomic mass is 19.4. The van der Waals surface area contributed by atoms with E-state index >= 15 is 0 Å². The summed E-state index contributed by atoms with van der Waals surface area (Å²) in [6, 6.07) is 7.76. The van der Waals surface area contributed by atoms with Crippen LogP contribution in [0.25, 0.3) is 28.0 Å². The van der Waals surface area contributed by atoms with E-state index in [1.54, 1.807) is 41.7 Å². The molecule has 34 heavy (non-hydrogen) atoms. The van der Waals surface area contributed by atoms with Crippen LogP contribution in [-0.4, -0.2) is 60.0 Å². The maximum atomic E-state index is 14.2. The Bertz CT molecular complexity index is 1300. The summed E-state index contributed by atoms with van der Waals surface area (Å²) in [6.07, 6.45) is 2.18. The van der Waals surface area contributed by atoms with Crippen molar-refractivity contribution in [3.63, 3.8) is 0 Å². The van der Waals surface area contributed by atoms with Gasteiger partial charge in [-0.1, -0.05) is 12.1 Å². The van der Waals surface area contributed by atoms with Gasteiger partial charge in [0.2, 0.25) is 0 Å². The molecule has 3 aromatic heterocycles. The quantitative estimate of drug-likeness (QED) is 0.455. The van der Waals surface area contributed by atoms with Crippen LogP contribution in [-0.2, 0) is 5.60 Å². The van der Waals surface area contributed by atoms with Gasteiger partial charge in [0, 0.05) is 42.0 Å². The van der Waals surface area contributed by atoms with Crippen LogP contribution in [0.2, 0.25) is 0 Å². The number of aromatic nitrogens is 5. The third-order valence-electron chi connectivity index (χ3n) is 6.76. The zero-order valence-corrected chi connectivity index (χ0v) is 18.8. The fourth-order valence-electron chi connectivity index (χ4n) is 4.78. The van der Waals surface area contributed by atoms with Gasteiger partial charge in [0.05, 0.1) is 18.2 Å². The van der Waals surface area contributed by atoms with Crippen LogP contribution in [0.3, 0.4) is 0 Å². The highest BCUT2D eigenvalue weighted by Crippen LogP contribution is 2.48. The van der Waals surface area contributed by atoms with E-state index in [0.717, 1.165) is 11.1 Å². The average molecular weight is 470 g/mol. The number of nitrogens with zero attached hydrogens (tertiary/aromatic N) is 5. The number of pyridine rings is 1. The second-order valence-electron chi connectivity index (χ2n) is 9.02. The number of imidazole rings is 1. The predicted octanol–water partition coefficient (Wildman–Crippen LogP) is 4.29. The van der Waals surface area contributed by atoms with Crippen LogP contribution in [0.1, 0.15) is 25.8 Å². The van der Waals surface area contributed by atoms with Crippen LogP contribution in [0.15, 0.2) is 55.2 Å². The van der Waals surface area contributed by atoms with Gasteiger partial charge in [0.25, 0.3) is 0 Å². The van der Waals surface area contributed by atoms with Crippen LogP contribution in [0.4, 0.5) is 13.2 Å². The molecule has 1 aromatic carbocycles. The summed E-state index contributed by atoms with van der Waals surface area (Å²) in [6.45, 7) is 4.63. The Hall–Kier alpha value is -3.24. The molecule has 0 aliphatic carbocycles. The number of halogens is 3. The number of hydrogen-bond donors (Lipinski definition) is 2. The molecule has 1 saturated heterocycles. The lowest BCUT2D eigenvalue weighted by atomic mass is 9.80. The Kier molecular flexibility index (Phi) is 5.44. The lowest BCUT2D eigenvalue weighted by Crippen LogP contribution is -2.49. The van der Waals surface area contributed by atoms with E-state index in [9.17, 15) is 18.3 Å². The Balaban J connectivity index is 1.45. The van der Waals surface area contributed by atoms with Crippen molar-refractivity contribution in [1.82, 2.24) is 29.6 Å². The van der Waals surface area contributed by atoms with E-state index in [1.165, 1.54) is 12.1 Å². The Morgan fingerprint density at radius 3 is 2.56 bits per heavy atom. The van der Waals surface area contributed by atoms with Crippen LogP contribution in [0.5, 0.6) is 0 Å². The first-order valence-electron chi connectivity index (χ1n) is 11.2. The van der Waals surface area contributed by atoms with Crippen molar-refractivity contribution in [2.75, 3.05) is 13.1 Å². The molecule has 178 valence electrons. The SMILES string of the molecule is CC(C)N1CCC([C@](O)(c2ccc(-n3cc(-c4ccnc5[nH]cnc45)cn3)cc2)C(F)(F)F)C1. The zero-order valence-electron chi connectivity index (χ0n) is 18.8. The van der Waals surface area contributed by atoms with Crippen molar-refractivity contribution in [3.8, 4) is 16.8 Å². The molecule has 0 saturated carbocycles. The van der Waals surface area contributed by atoms with E-state index in [-0.39, 0.29) is 24.6 Å². The van der Waals surface area contributed by atoms with Crippen molar-refractivity contribution in [2.24, 2.45) is 5.92 Å². The van der Waals surface area contributed by atoms with Crippen LogP contribution >= 0.6 is 0 Å². The number of hydrogen-bond acceptors (Lipinski definition) is 5. The first-order valence-corrected chi connectivity index (χ1v) is 11.2. The van der Waals surface area contributed by atoms with Crippen LogP contribution < -0.4 is 0 Å². The molecule has 10 heteroatoms. The van der Waals surface area contributed by atoms with Gasteiger partial charge in [-0.3, -0.25) is 0 Å². The highest BCUT2D eigenvalue weighted by molar-refractivity contribution is 5.88. The summed E-state index contributed by atoms with van der Waals surface area (Å²) in [5.74, 6) is -0.931. The summed E-state index contributed by atoms with van der Waals surface area (Å²) in [7, 11) is 0. The van der Waals surface area contributed by atoms with Gasteiger partial charge in [0.15, 0.2) is 11.2 Å². The van der Waals surface area contributed by atoms with Gasteiger partial charge < -0.3 is 15.0 Å². The van der Waals surface area contributed by atoms with Gasteiger partial charge in [-0.05, 0) is 50.6 Å². The normalized spacial score (nSPS) is 19.2. The number of benzene rings is 1. The standard InChI is InChI=1S/C24H25F3N6O/c1-15(2)32-10-8-18(13-32)23(34,24(25,26)27)17-3-5-19(6-4-17)33-12-16(11-31-33)20-7-9-28-22-21(20)29-14-30-22/h3-7,9,11-12,14-15,18,34H,8,10,13H2,1-2H3,(H,28,29,30)/t18?,23-/m1/s1. The average Bonchev–Trinajstić information content (AvgIpc) is 3.58. The van der Waals surface area contributed by atoms with Gasteiger partial charge in [-0.15, -0.1) is 0 Å². The number of nitrogens with one attached hydrogen (secondary N) is 1. The molecule has 5 rings (SSSR count). The molecule has 2 N–H and O–H groups in total. The van der Waals surface area contributed by atoms with Gasteiger partial charge >= 0.3 is 6.18 Å². The first-order chi connectivity index (χ1) is 16.2. The van der Waals surface area contributed by atoms with Crippen LogP contribution in [0, 0.1) is 5.92 Å². The molecule has 7 nitrogen and oxygen atoms in total. The molecule has 4 aromatic rings. The monoisotopic (exact) mass is 470 g/mol.